The standard InChI is InChI=1S/C17H14ClFN4/c18-15-11-16(21-10-8-14-3-1-2-9-20-14)23-17(22-15)12-4-6-13(19)7-5-12/h1-7,9,11H,8,10H2,(H,21,22,23). The van der Waals surface area contributed by atoms with Gasteiger partial charge in [0, 0.05) is 36.5 Å². The maximum absolute atomic E-state index is 13.0. The van der Waals surface area contributed by atoms with Crippen molar-refractivity contribution in [1.82, 2.24) is 15.0 Å². The number of rotatable bonds is 5. The van der Waals surface area contributed by atoms with Gasteiger partial charge >= 0.3 is 0 Å². The second-order valence-corrected chi connectivity index (χ2v) is 5.29. The normalized spacial score (nSPS) is 10.5. The summed E-state index contributed by atoms with van der Waals surface area (Å²) in [6, 6.07) is 13.5. The van der Waals surface area contributed by atoms with Crippen molar-refractivity contribution in [2.75, 3.05) is 11.9 Å². The van der Waals surface area contributed by atoms with Crippen molar-refractivity contribution in [3.63, 3.8) is 0 Å². The Morgan fingerprint density at radius 3 is 2.61 bits per heavy atom. The van der Waals surface area contributed by atoms with Crippen molar-refractivity contribution in [3.05, 3.63) is 71.4 Å². The molecule has 0 fully saturated rings. The summed E-state index contributed by atoms with van der Waals surface area (Å²) in [5.74, 6) is 0.780. The molecule has 6 heteroatoms. The zero-order chi connectivity index (χ0) is 16.1. The minimum Gasteiger partial charge on any atom is -0.370 e. The van der Waals surface area contributed by atoms with Crippen LogP contribution in [0, 0.1) is 5.82 Å². The first kappa shape index (κ1) is 15.4. The number of halogens is 2. The van der Waals surface area contributed by atoms with Crippen LogP contribution in [0.2, 0.25) is 5.15 Å². The van der Waals surface area contributed by atoms with Gasteiger partial charge in [-0.1, -0.05) is 17.7 Å². The van der Waals surface area contributed by atoms with Gasteiger partial charge in [-0.3, -0.25) is 4.98 Å². The Kier molecular flexibility index (Phi) is 4.78. The summed E-state index contributed by atoms with van der Waals surface area (Å²) in [5, 5.41) is 3.54. The lowest BCUT2D eigenvalue weighted by molar-refractivity contribution is 0.628. The zero-order valence-corrected chi connectivity index (χ0v) is 13.0. The minimum absolute atomic E-state index is 0.301. The van der Waals surface area contributed by atoms with E-state index in [-0.39, 0.29) is 5.82 Å². The number of nitrogens with zero attached hydrogens (tertiary/aromatic N) is 3. The van der Waals surface area contributed by atoms with Crippen LogP contribution in [0.5, 0.6) is 0 Å². The van der Waals surface area contributed by atoms with Crippen LogP contribution in [0.4, 0.5) is 10.2 Å². The molecule has 0 aliphatic carbocycles. The summed E-state index contributed by atoms with van der Waals surface area (Å²) in [5.41, 5.74) is 1.71. The number of anilines is 1. The van der Waals surface area contributed by atoms with Gasteiger partial charge in [0.15, 0.2) is 5.82 Å². The molecule has 2 aromatic heterocycles. The third-order valence-electron chi connectivity index (χ3n) is 3.21. The Hall–Kier alpha value is -2.53. The van der Waals surface area contributed by atoms with Gasteiger partial charge in [-0.25, -0.2) is 14.4 Å². The number of aromatic nitrogens is 3. The largest absolute Gasteiger partial charge is 0.370 e. The summed E-state index contributed by atoms with van der Waals surface area (Å²) >= 11 is 6.05. The fourth-order valence-electron chi connectivity index (χ4n) is 2.10. The number of nitrogens with one attached hydrogen (secondary N) is 1. The summed E-state index contributed by atoms with van der Waals surface area (Å²) < 4.78 is 13.0. The number of benzene rings is 1. The lowest BCUT2D eigenvalue weighted by Crippen LogP contribution is -2.08. The zero-order valence-electron chi connectivity index (χ0n) is 12.2. The molecular weight excluding hydrogens is 315 g/mol. The van der Waals surface area contributed by atoms with Gasteiger partial charge in [0.1, 0.15) is 16.8 Å². The third kappa shape index (κ3) is 4.23. The average Bonchev–Trinajstić information content (AvgIpc) is 2.56. The first-order valence-electron chi connectivity index (χ1n) is 7.15. The summed E-state index contributed by atoms with van der Waals surface area (Å²) in [6.45, 7) is 0.674. The molecular formula is C17H14ClFN4. The molecule has 1 aromatic carbocycles. The molecule has 0 radical (unpaired) electrons. The predicted molar refractivity (Wildman–Crippen MR) is 88.9 cm³/mol. The summed E-state index contributed by atoms with van der Waals surface area (Å²) in [4.78, 5) is 12.9. The van der Waals surface area contributed by atoms with E-state index < -0.39 is 0 Å². The van der Waals surface area contributed by atoms with Crippen molar-refractivity contribution in [2.45, 2.75) is 6.42 Å². The Labute approximate surface area is 138 Å². The monoisotopic (exact) mass is 328 g/mol. The molecule has 23 heavy (non-hydrogen) atoms. The topological polar surface area (TPSA) is 50.7 Å². The molecule has 0 spiro atoms. The van der Waals surface area contributed by atoms with Crippen LogP contribution in [-0.2, 0) is 6.42 Å². The Balaban J connectivity index is 1.71. The van der Waals surface area contributed by atoms with Crippen LogP contribution in [0.1, 0.15) is 5.69 Å². The quantitative estimate of drug-likeness (QED) is 0.720. The van der Waals surface area contributed by atoms with Crippen molar-refractivity contribution in [2.24, 2.45) is 0 Å². The number of hydrogen-bond acceptors (Lipinski definition) is 4. The molecule has 0 atom stereocenters. The molecule has 0 aliphatic rings. The highest BCUT2D eigenvalue weighted by Crippen LogP contribution is 2.20. The van der Waals surface area contributed by atoms with E-state index in [1.807, 2.05) is 18.2 Å². The van der Waals surface area contributed by atoms with E-state index in [9.17, 15) is 4.39 Å². The second-order valence-electron chi connectivity index (χ2n) is 4.90. The van der Waals surface area contributed by atoms with Gasteiger partial charge in [-0.05, 0) is 36.4 Å². The van der Waals surface area contributed by atoms with Crippen LogP contribution >= 0.6 is 11.6 Å². The molecule has 2 heterocycles. The van der Waals surface area contributed by atoms with E-state index in [2.05, 4.69) is 20.3 Å². The van der Waals surface area contributed by atoms with Crippen molar-refractivity contribution >= 4 is 17.4 Å². The highest BCUT2D eigenvalue weighted by atomic mass is 35.5. The molecule has 0 bridgehead atoms. The van der Waals surface area contributed by atoms with Crippen LogP contribution < -0.4 is 5.32 Å². The van der Waals surface area contributed by atoms with Gasteiger partial charge in [0.25, 0.3) is 0 Å². The molecule has 1 N–H and O–H groups in total. The Bertz CT molecular complexity index is 778. The van der Waals surface area contributed by atoms with Gasteiger partial charge in [-0.2, -0.15) is 0 Å². The first-order valence-corrected chi connectivity index (χ1v) is 7.53. The second kappa shape index (κ2) is 7.15. The molecule has 3 aromatic rings. The smallest absolute Gasteiger partial charge is 0.163 e. The van der Waals surface area contributed by atoms with E-state index in [0.29, 0.717) is 28.9 Å². The molecule has 0 saturated carbocycles. The predicted octanol–water partition coefficient (Wildman–Crippen LogP) is 3.99. The summed E-state index contributed by atoms with van der Waals surface area (Å²) in [6.07, 6.45) is 2.54. The van der Waals surface area contributed by atoms with Crippen LogP contribution in [0.25, 0.3) is 11.4 Å². The van der Waals surface area contributed by atoms with Crippen molar-refractivity contribution in [1.29, 1.82) is 0 Å². The SMILES string of the molecule is Fc1ccc(-c2nc(Cl)cc(NCCc3ccccn3)n2)cc1. The van der Waals surface area contributed by atoms with Crippen molar-refractivity contribution < 1.29 is 4.39 Å². The lowest BCUT2D eigenvalue weighted by Gasteiger charge is -2.08. The molecule has 0 aliphatic heterocycles. The van der Waals surface area contributed by atoms with Gasteiger partial charge in [-0.15, -0.1) is 0 Å². The van der Waals surface area contributed by atoms with Gasteiger partial charge in [0.2, 0.25) is 0 Å². The molecule has 116 valence electrons. The Morgan fingerprint density at radius 1 is 1.04 bits per heavy atom. The molecule has 3 rings (SSSR count). The lowest BCUT2D eigenvalue weighted by atomic mass is 10.2. The average molecular weight is 329 g/mol. The van der Waals surface area contributed by atoms with Gasteiger partial charge in [0.05, 0.1) is 0 Å². The number of pyridine rings is 1. The van der Waals surface area contributed by atoms with Crippen LogP contribution in [0.3, 0.4) is 0 Å². The highest BCUT2D eigenvalue weighted by molar-refractivity contribution is 6.29. The van der Waals surface area contributed by atoms with E-state index in [0.717, 1.165) is 12.1 Å². The number of hydrogen-bond donors (Lipinski definition) is 1. The van der Waals surface area contributed by atoms with Crippen LogP contribution in [0.15, 0.2) is 54.7 Å². The van der Waals surface area contributed by atoms with Crippen molar-refractivity contribution in [3.8, 4) is 11.4 Å². The summed E-state index contributed by atoms with van der Waals surface area (Å²) in [7, 11) is 0. The fraction of sp³-hybridized carbons (Fsp3) is 0.118. The van der Waals surface area contributed by atoms with E-state index in [1.165, 1.54) is 12.1 Å². The van der Waals surface area contributed by atoms with Gasteiger partial charge < -0.3 is 5.32 Å². The van der Waals surface area contributed by atoms with E-state index in [4.69, 9.17) is 11.6 Å². The maximum Gasteiger partial charge on any atom is 0.163 e. The van der Waals surface area contributed by atoms with E-state index >= 15 is 0 Å². The third-order valence-corrected chi connectivity index (χ3v) is 3.40. The van der Waals surface area contributed by atoms with E-state index in [1.54, 1.807) is 24.4 Å². The fourth-order valence-corrected chi connectivity index (χ4v) is 2.28. The first-order chi connectivity index (χ1) is 11.2. The molecule has 0 unspecified atom stereocenters. The maximum atomic E-state index is 13.0. The molecule has 4 nitrogen and oxygen atoms in total. The van der Waals surface area contributed by atoms with Crippen LogP contribution in [-0.4, -0.2) is 21.5 Å². The minimum atomic E-state index is -0.301. The highest BCUT2D eigenvalue weighted by Gasteiger charge is 2.06. The molecule has 0 amide bonds. The molecule has 0 saturated heterocycles. The Morgan fingerprint density at radius 2 is 1.87 bits per heavy atom.